The molecule has 0 saturated carbocycles. The Labute approximate surface area is 177 Å². The van der Waals surface area contributed by atoms with Crippen LogP contribution in [0.3, 0.4) is 0 Å². The number of carbonyl (C=O) groups excluding carboxylic acids is 3. The highest BCUT2D eigenvalue weighted by Crippen LogP contribution is 2.20. The van der Waals surface area contributed by atoms with Gasteiger partial charge in [0.2, 0.25) is 17.6 Å². The summed E-state index contributed by atoms with van der Waals surface area (Å²) in [6.07, 6.45) is 0.878. The summed E-state index contributed by atoms with van der Waals surface area (Å²) in [4.78, 5) is 52.4. The van der Waals surface area contributed by atoms with E-state index in [1.807, 2.05) is 24.3 Å². The van der Waals surface area contributed by atoms with Gasteiger partial charge in [0.15, 0.2) is 0 Å². The summed E-state index contributed by atoms with van der Waals surface area (Å²) in [5.41, 5.74) is 15.1. The third-order valence-electron chi connectivity index (χ3n) is 4.54. The Bertz CT molecular complexity index is 1010. The van der Waals surface area contributed by atoms with E-state index < -0.39 is 35.7 Å². The lowest BCUT2D eigenvalue weighted by Crippen LogP contribution is -2.47. The Morgan fingerprint density at radius 2 is 2.00 bits per heavy atom. The zero-order chi connectivity index (χ0) is 22.8. The average Bonchev–Trinajstić information content (AvgIpc) is 3.13. The first-order valence-corrected chi connectivity index (χ1v) is 9.50. The number of aromatic nitrogens is 1. The van der Waals surface area contributed by atoms with E-state index in [-0.39, 0.29) is 32.3 Å². The second-order valence-electron chi connectivity index (χ2n) is 6.79. The Morgan fingerprint density at radius 3 is 2.68 bits per heavy atom. The number of ketones is 1. The second-order valence-corrected chi connectivity index (χ2v) is 6.79. The van der Waals surface area contributed by atoms with Gasteiger partial charge < -0.3 is 31.4 Å². The SMILES string of the molecule is [N-]=[N+]=CC(=O)CCC(NC(=O)C(Cc1c[nH]c2ccccc12)OCCC(N)=O)C(=O)O. The number of hydrogen-bond donors (Lipinski definition) is 4. The second kappa shape index (κ2) is 11.4. The molecule has 11 nitrogen and oxygen atoms in total. The minimum absolute atomic E-state index is 0.102. The third kappa shape index (κ3) is 7.18. The molecule has 0 radical (unpaired) electrons. The lowest BCUT2D eigenvalue weighted by atomic mass is 10.0. The van der Waals surface area contributed by atoms with Gasteiger partial charge in [0.1, 0.15) is 12.1 Å². The molecule has 1 aromatic heterocycles. The maximum absolute atomic E-state index is 12.8. The molecule has 2 amide bonds. The van der Waals surface area contributed by atoms with Crippen molar-refractivity contribution < 1.29 is 33.8 Å². The van der Waals surface area contributed by atoms with Crippen LogP contribution in [0.25, 0.3) is 16.4 Å². The average molecular weight is 429 g/mol. The first-order valence-electron chi connectivity index (χ1n) is 9.50. The topological polar surface area (TPSA) is 188 Å². The zero-order valence-electron chi connectivity index (χ0n) is 16.6. The predicted octanol–water partition coefficient (Wildman–Crippen LogP) is 0.190. The number of carboxylic acids is 1. The number of carbonyl (C=O) groups is 4. The standard InChI is InChI=1S/C20H23N5O6/c21-18(27)7-8-31-17(9-12-10-23-15-4-2-1-3-14(12)15)19(28)25-16(20(29)30)6-5-13(26)11-24-22/h1-4,10-11,16-17,23H,5-9H2,(H2,21,27)(H,25,28)(H,29,30). The number of nitrogens with two attached hydrogens (primary N) is 1. The number of para-hydroxylation sites is 1. The molecule has 0 spiro atoms. The molecule has 2 aromatic rings. The Kier molecular flexibility index (Phi) is 8.62. The first kappa shape index (κ1) is 23.5. The van der Waals surface area contributed by atoms with Crippen LogP contribution in [0.5, 0.6) is 0 Å². The van der Waals surface area contributed by atoms with E-state index in [4.69, 9.17) is 16.0 Å². The lowest BCUT2D eigenvalue weighted by Gasteiger charge is -2.20. The minimum atomic E-state index is -1.35. The summed E-state index contributed by atoms with van der Waals surface area (Å²) in [6.45, 7) is -0.112. The molecule has 0 saturated heterocycles. The van der Waals surface area contributed by atoms with E-state index in [1.54, 1.807) is 6.20 Å². The van der Waals surface area contributed by atoms with E-state index in [2.05, 4.69) is 15.1 Å². The van der Waals surface area contributed by atoms with Gasteiger partial charge in [0.25, 0.3) is 0 Å². The van der Waals surface area contributed by atoms with Gasteiger partial charge in [-0.1, -0.05) is 18.2 Å². The highest BCUT2D eigenvalue weighted by molar-refractivity contribution is 6.25. The normalized spacial score (nSPS) is 12.5. The quantitative estimate of drug-likeness (QED) is 0.200. The van der Waals surface area contributed by atoms with Crippen molar-refractivity contribution in [2.45, 2.75) is 37.8 Å². The third-order valence-corrected chi connectivity index (χ3v) is 4.54. The zero-order valence-corrected chi connectivity index (χ0v) is 16.6. The van der Waals surface area contributed by atoms with Crippen LogP contribution in [0.4, 0.5) is 0 Å². The number of rotatable bonds is 13. The van der Waals surface area contributed by atoms with Gasteiger partial charge in [-0.2, -0.15) is 4.79 Å². The lowest BCUT2D eigenvalue weighted by molar-refractivity contribution is -0.144. The number of primary amides is 1. The van der Waals surface area contributed by atoms with Gasteiger partial charge in [-0.15, -0.1) is 0 Å². The van der Waals surface area contributed by atoms with Crippen molar-refractivity contribution in [2.24, 2.45) is 5.73 Å². The number of Topliss-reactive ketones (excluding diaryl/α,β-unsaturated/α-hetero) is 1. The fourth-order valence-electron chi connectivity index (χ4n) is 2.97. The maximum Gasteiger partial charge on any atom is 0.326 e. The van der Waals surface area contributed by atoms with Crippen molar-refractivity contribution in [3.63, 3.8) is 0 Å². The van der Waals surface area contributed by atoms with Crippen LogP contribution in [0, 0.1) is 0 Å². The summed E-state index contributed by atoms with van der Waals surface area (Å²) >= 11 is 0. The van der Waals surface area contributed by atoms with E-state index in [1.165, 1.54) is 0 Å². The van der Waals surface area contributed by atoms with Crippen LogP contribution >= 0.6 is 0 Å². The Balaban J connectivity index is 2.13. The van der Waals surface area contributed by atoms with Gasteiger partial charge >= 0.3 is 12.2 Å². The fraction of sp³-hybridized carbons (Fsp3) is 0.350. The number of carboxylic acid groups (broad SMARTS) is 1. The van der Waals surface area contributed by atoms with E-state index in [0.29, 0.717) is 6.21 Å². The number of H-pyrrole nitrogens is 1. The summed E-state index contributed by atoms with van der Waals surface area (Å²) in [5, 5.41) is 12.6. The van der Waals surface area contributed by atoms with Crippen molar-refractivity contribution in [1.82, 2.24) is 10.3 Å². The van der Waals surface area contributed by atoms with Gasteiger partial charge in [0.05, 0.1) is 6.61 Å². The van der Waals surface area contributed by atoms with E-state index in [0.717, 1.165) is 16.5 Å². The molecule has 2 atom stereocenters. The molecule has 1 aromatic carbocycles. The molecule has 0 aliphatic heterocycles. The molecule has 11 heteroatoms. The maximum atomic E-state index is 12.8. The predicted molar refractivity (Wildman–Crippen MR) is 109 cm³/mol. The molecular weight excluding hydrogens is 406 g/mol. The van der Waals surface area contributed by atoms with Crippen LogP contribution in [-0.2, 0) is 30.3 Å². The smallest absolute Gasteiger partial charge is 0.326 e. The molecule has 0 fully saturated rings. The number of nitrogens with zero attached hydrogens (tertiary/aromatic N) is 2. The fourth-order valence-corrected chi connectivity index (χ4v) is 2.97. The summed E-state index contributed by atoms with van der Waals surface area (Å²) in [5.74, 6) is -3.22. The summed E-state index contributed by atoms with van der Waals surface area (Å²) < 4.78 is 5.54. The van der Waals surface area contributed by atoms with Crippen LogP contribution in [0.15, 0.2) is 30.5 Å². The molecule has 0 aliphatic rings. The number of fused-ring (bicyclic) bond motifs is 1. The van der Waals surface area contributed by atoms with Crippen LogP contribution < -0.4 is 11.1 Å². The van der Waals surface area contributed by atoms with Crippen molar-refractivity contribution in [2.75, 3.05) is 6.61 Å². The van der Waals surface area contributed by atoms with Crippen LogP contribution in [-0.4, -0.2) is 63.4 Å². The van der Waals surface area contributed by atoms with Crippen molar-refractivity contribution in [1.29, 1.82) is 0 Å². The largest absolute Gasteiger partial charge is 0.480 e. The number of ether oxygens (including phenoxy) is 1. The van der Waals surface area contributed by atoms with Crippen molar-refractivity contribution in [3.05, 3.63) is 41.6 Å². The molecular formula is C20H23N5O6. The van der Waals surface area contributed by atoms with E-state index in [9.17, 15) is 24.3 Å². The summed E-state index contributed by atoms with van der Waals surface area (Å²) in [6, 6.07) is 6.09. The van der Waals surface area contributed by atoms with Gasteiger partial charge in [-0.3, -0.25) is 14.4 Å². The molecule has 31 heavy (non-hydrogen) atoms. The monoisotopic (exact) mass is 429 g/mol. The number of amides is 2. The van der Waals surface area contributed by atoms with Gasteiger partial charge in [0, 0.05) is 36.4 Å². The molecule has 2 unspecified atom stereocenters. The highest BCUT2D eigenvalue weighted by atomic mass is 16.5. The van der Waals surface area contributed by atoms with E-state index >= 15 is 0 Å². The Morgan fingerprint density at radius 1 is 1.26 bits per heavy atom. The minimum Gasteiger partial charge on any atom is -0.480 e. The molecule has 5 N–H and O–H groups in total. The van der Waals surface area contributed by atoms with Gasteiger partial charge in [-0.05, 0) is 18.1 Å². The van der Waals surface area contributed by atoms with Crippen LogP contribution in [0.2, 0.25) is 0 Å². The van der Waals surface area contributed by atoms with Crippen LogP contribution in [0.1, 0.15) is 24.8 Å². The molecule has 164 valence electrons. The highest BCUT2D eigenvalue weighted by Gasteiger charge is 2.27. The summed E-state index contributed by atoms with van der Waals surface area (Å²) in [7, 11) is 0. The first-order chi connectivity index (χ1) is 14.8. The molecule has 0 aliphatic carbocycles. The molecule has 1 heterocycles. The number of benzene rings is 1. The van der Waals surface area contributed by atoms with Gasteiger partial charge in [-0.25, -0.2) is 4.79 Å². The number of nitrogens with one attached hydrogen (secondary N) is 2. The number of aromatic amines is 1. The number of aliphatic carboxylic acids is 1. The molecule has 2 rings (SSSR count). The number of hydrogen-bond acceptors (Lipinski definition) is 5. The Hall–Kier alpha value is -3.82. The van der Waals surface area contributed by atoms with Crippen molar-refractivity contribution >= 4 is 40.7 Å². The van der Waals surface area contributed by atoms with Crippen molar-refractivity contribution in [3.8, 4) is 0 Å². The molecule has 0 bridgehead atoms.